The van der Waals surface area contributed by atoms with Crippen LogP contribution in [-0.2, 0) is 25.7 Å². The Kier molecular flexibility index (Phi) is 5.45. The highest BCUT2D eigenvalue weighted by atomic mass is 19.4. The molecule has 0 aliphatic carbocycles. The standard InChI is InChI=1S/C21H18F3N5O2/c22-21(23,24)16-6-2-1-5-14(16)20(31)29-9-7-17-15(12-29)18(28-27-17)19(30)26-11-13-4-3-8-25-10-13/h1-6,8,10H,7,9,11-12H2,(H,26,30)(H,27,28). The van der Waals surface area contributed by atoms with Gasteiger partial charge in [-0.05, 0) is 23.8 Å². The predicted molar refractivity (Wildman–Crippen MR) is 104 cm³/mol. The van der Waals surface area contributed by atoms with Gasteiger partial charge in [0.25, 0.3) is 11.8 Å². The third-order valence-corrected chi connectivity index (χ3v) is 5.07. The molecule has 0 saturated heterocycles. The summed E-state index contributed by atoms with van der Waals surface area (Å²) in [6.07, 6.45) is -1.03. The van der Waals surface area contributed by atoms with E-state index in [-0.39, 0.29) is 25.3 Å². The number of hydrogen-bond donors (Lipinski definition) is 2. The topological polar surface area (TPSA) is 91.0 Å². The van der Waals surface area contributed by atoms with Crippen LogP contribution in [0.5, 0.6) is 0 Å². The van der Waals surface area contributed by atoms with E-state index >= 15 is 0 Å². The van der Waals surface area contributed by atoms with E-state index in [1.807, 2.05) is 6.07 Å². The van der Waals surface area contributed by atoms with Gasteiger partial charge in [0.15, 0.2) is 5.69 Å². The van der Waals surface area contributed by atoms with Crippen LogP contribution in [0.4, 0.5) is 13.2 Å². The first-order valence-corrected chi connectivity index (χ1v) is 9.53. The first-order valence-electron chi connectivity index (χ1n) is 9.53. The molecule has 1 aliphatic heterocycles. The first kappa shape index (κ1) is 20.6. The van der Waals surface area contributed by atoms with Crippen LogP contribution < -0.4 is 5.32 Å². The van der Waals surface area contributed by atoms with Crippen LogP contribution in [0, 0.1) is 0 Å². The van der Waals surface area contributed by atoms with E-state index in [1.54, 1.807) is 18.5 Å². The van der Waals surface area contributed by atoms with Crippen molar-refractivity contribution < 1.29 is 22.8 Å². The molecule has 0 radical (unpaired) electrons. The Morgan fingerprint density at radius 3 is 2.71 bits per heavy atom. The summed E-state index contributed by atoms with van der Waals surface area (Å²) in [5.41, 5.74) is 0.741. The Morgan fingerprint density at radius 2 is 1.97 bits per heavy atom. The van der Waals surface area contributed by atoms with Gasteiger partial charge in [0.2, 0.25) is 0 Å². The quantitative estimate of drug-likeness (QED) is 0.667. The third kappa shape index (κ3) is 4.27. The molecule has 2 amide bonds. The number of pyridine rings is 1. The molecule has 1 aliphatic rings. The number of H-pyrrole nitrogens is 1. The van der Waals surface area contributed by atoms with Crippen molar-refractivity contribution >= 4 is 11.8 Å². The highest BCUT2D eigenvalue weighted by molar-refractivity contribution is 5.97. The maximum atomic E-state index is 13.3. The summed E-state index contributed by atoms with van der Waals surface area (Å²) in [5.74, 6) is -1.17. The molecule has 0 saturated carbocycles. The normalized spacial score (nSPS) is 13.6. The second-order valence-corrected chi connectivity index (χ2v) is 7.09. The lowest BCUT2D eigenvalue weighted by atomic mass is 10.0. The number of amides is 2. The monoisotopic (exact) mass is 429 g/mol. The summed E-state index contributed by atoms with van der Waals surface area (Å²) in [6.45, 7) is 0.458. The summed E-state index contributed by atoms with van der Waals surface area (Å²) < 4.78 is 40.0. The molecular formula is C21H18F3N5O2. The maximum absolute atomic E-state index is 13.3. The second-order valence-electron chi connectivity index (χ2n) is 7.09. The van der Waals surface area contributed by atoms with E-state index in [2.05, 4.69) is 20.5 Å². The molecule has 0 fully saturated rings. The Labute approximate surface area is 175 Å². The number of aromatic nitrogens is 3. The Balaban J connectivity index is 1.52. The zero-order valence-electron chi connectivity index (χ0n) is 16.2. The van der Waals surface area contributed by atoms with Crippen molar-refractivity contribution in [3.05, 3.63) is 82.4 Å². The van der Waals surface area contributed by atoms with Gasteiger partial charge in [-0.1, -0.05) is 18.2 Å². The minimum Gasteiger partial charge on any atom is -0.346 e. The number of carbonyl (C=O) groups is 2. The molecule has 10 heteroatoms. The van der Waals surface area contributed by atoms with Crippen molar-refractivity contribution in [3.8, 4) is 0 Å². The molecule has 0 bridgehead atoms. The molecule has 3 aromatic rings. The zero-order chi connectivity index (χ0) is 22.0. The van der Waals surface area contributed by atoms with Crippen LogP contribution in [0.25, 0.3) is 0 Å². The lowest BCUT2D eigenvalue weighted by Gasteiger charge is -2.28. The predicted octanol–water partition coefficient (Wildman–Crippen LogP) is 2.95. The highest BCUT2D eigenvalue weighted by Crippen LogP contribution is 2.33. The molecule has 3 heterocycles. The number of rotatable bonds is 4. The van der Waals surface area contributed by atoms with Gasteiger partial charge in [-0.25, -0.2) is 0 Å². The average Bonchev–Trinajstić information content (AvgIpc) is 3.20. The molecule has 7 nitrogen and oxygen atoms in total. The summed E-state index contributed by atoms with van der Waals surface area (Å²) in [6, 6.07) is 8.25. The minimum atomic E-state index is -4.64. The molecule has 2 N–H and O–H groups in total. The number of halogens is 3. The fraction of sp³-hybridized carbons (Fsp3) is 0.238. The average molecular weight is 429 g/mol. The van der Waals surface area contributed by atoms with Crippen LogP contribution in [0.15, 0.2) is 48.8 Å². The van der Waals surface area contributed by atoms with Crippen LogP contribution in [0.3, 0.4) is 0 Å². The lowest BCUT2D eigenvalue weighted by molar-refractivity contribution is -0.138. The smallest absolute Gasteiger partial charge is 0.346 e. The minimum absolute atomic E-state index is 0.00744. The number of nitrogens with one attached hydrogen (secondary N) is 2. The number of nitrogens with zero attached hydrogens (tertiary/aromatic N) is 3. The third-order valence-electron chi connectivity index (χ3n) is 5.07. The van der Waals surface area contributed by atoms with Gasteiger partial charge in [-0.2, -0.15) is 18.3 Å². The van der Waals surface area contributed by atoms with Gasteiger partial charge in [0.05, 0.1) is 17.7 Å². The SMILES string of the molecule is O=C(NCc1cccnc1)c1n[nH]c2c1CN(C(=O)c1ccccc1C(F)(F)F)CC2. The Hall–Kier alpha value is -3.69. The molecule has 31 heavy (non-hydrogen) atoms. The molecule has 0 unspecified atom stereocenters. The van der Waals surface area contributed by atoms with Crippen LogP contribution >= 0.6 is 0 Å². The van der Waals surface area contributed by atoms with E-state index in [1.165, 1.54) is 17.0 Å². The fourth-order valence-corrected chi connectivity index (χ4v) is 3.51. The van der Waals surface area contributed by atoms with Gasteiger partial charge >= 0.3 is 6.18 Å². The molecule has 160 valence electrons. The number of alkyl halides is 3. The Morgan fingerprint density at radius 1 is 1.16 bits per heavy atom. The summed E-state index contributed by atoms with van der Waals surface area (Å²) >= 11 is 0. The van der Waals surface area contributed by atoms with Crippen molar-refractivity contribution in [2.24, 2.45) is 0 Å². The lowest BCUT2D eigenvalue weighted by Crippen LogP contribution is -2.37. The number of benzene rings is 1. The number of hydrogen-bond acceptors (Lipinski definition) is 4. The molecule has 0 atom stereocenters. The summed E-state index contributed by atoms with van der Waals surface area (Å²) in [7, 11) is 0. The fourth-order valence-electron chi connectivity index (χ4n) is 3.51. The van der Waals surface area contributed by atoms with Crippen molar-refractivity contribution in [2.45, 2.75) is 25.7 Å². The molecule has 0 spiro atoms. The summed E-state index contributed by atoms with van der Waals surface area (Å²) in [5, 5.41) is 9.60. The van der Waals surface area contributed by atoms with Crippen LogP contribution in [-0.4, -0.2) is 38.4 Å². The zero-order valence-corrected chi connectivity index (χ0v) is 16.2. The highest BCUT2D eigenvalue weighted by Gasteiger charge is 2.37. The van der Waals surface area contributed by atoms with Gasteiger partial charge in [0.1, 0.15) is 0 Å². The number of fused-ring (bicyclic) bond motifs is 1. The Bertz CT molecular complexity index is 1110. The van der Waals surface area contributed by atoms with E-state index in [9.17, 15) is 22.8 Å². The largest absolute Gasteiger partial charge is 0.417 e. The van der Waals surface area contributed by atoms with Gasteiger partial charge in [-0.3, -0.25) is 19.7 Å². The second kappa shape index (κ2) is 8.21. The molecule has 1 aromatic carbocycles. The summed E-state index contributed by atoms with van der Waals surface area (Å²) in [4.78, 5) is 30.8. The van der Waals surface area contributed by atoms with Crippen molar-refractivity contribution in [1.82, 2.24) is 25.4 Å². The van der Waals surface area contributed by atoms with E-state index in [4.69, 9.17) is 0 Å². The van der Waals surface area contributed by atoms with E-state index < -0.39 is 29.1 Å². The van der Waals surface area contributed by atoms with E-state index in [0.717, 1.165) is 17.7 Å². The molecule has 4 rings (SSSR count). The number of carbonyl (C=O) groups excluding carboxylic acids is 2. The molecular weight excluding hydrogens is 411 g/mol. The van der Waals surface area contributed by atoms with Crippen molar-refractivity contribution in [1.29, 1.82) is 0 Å². The van der Waals surface area contributed by atoms with E-state index in [0.29, 0.717) is 17.7 Å². The van der Waals surface area contributed by atoms with Crippen molar-refractivity contribution in [3.63, 3.8) is 0 Å². The van der Waals surface area contributed by atoms with Gasteiger partial charge < -0.3 is 10.2 Å². The van der Waals surface area contributed by atoms with Crippen molar-refractivity contribution in [2.75, 3.05) is 6.54 Å². The number of aromatic amines is 1. The maximum Gasteiger partial charge on any atom is 0.417 e. The molecule has 2 aromatic heterocycles. The first-order chi connectivity index (χ1) is 14.8. The van der Waals surface area contributed by atoms with Crippen LogP contribution in [0.1, 0.15) is 43.2 Å². The van der Waals surface area contributed by atoms with Gasteiger partial charge in [0, 0.05) is 43.2 Å². The van der Waals surface area contributed by atoms with Crippen LogP contribution in [0.2, 0.25) is 0 Å². The van der Waals surface area contributed by atoms with Gasteiger partial charge in [-0.15, -0.1) is 0 Å².